The molecule has 0 aliphatic rings. The third kappa shape index (κ3) is 2.88. The second-order valence-electron chi connectivity index (χ2n) is 3.87. The first-order valence-electron chi connectivity index (χ1n) is 5.74. The molecule has 0 saturated heterocycles. The topological polar surface area (TPSA) is 70.9 Å². The molecule has 5 nitrogen and oxygen atoms in total. The van der Waals surface area contributed by atoms with Gasteiger partial charge in [0, 0.05) is 24.7 Å². The number of hydrogen-bond acceptors (Lipinski definition) is 5. The van der Waals surface area contributed by atoms with Crippen molar-refractivity contribution in [1.82, 2.24) is 15.0 Å². The van der Waals surface area contributed by atoms with Crippen molar-refractivity contribution < 1.29 is 5.11 Å². The van der Waals surface area contributed by atoms with Gasteiger partial charge in [0.1, 0.15) is 11.6 Å². The van der Waals surface area contributed by atoms with Gasteiger partial charge in [-0.3, -0.25) is 4.98 Å². The second kappa shape index (κ2) is 5.54. The van der Waals surface area contributed by atoms with E-state index < -0.39 is 0 Å². The van der Waals surface area contributed by atoms with Crippen molar-refractivity contribution >= 4 is 16.7 Å². The van der Waals surface area contributed by atoms with Crippen molar-refractivity contribution in [3.63, 3.8) is 0 Å². The van der Waals surface area contributed by atoms with Crippen LogP contribution >= 0.6 is 0 Å². The van der Waals surface area contributed by atoms with E-state index in [1.807, 2.05) is 13.0 Å². The van der Waals surface area contributed by atoms with Gasteiger partial charge in [0.15, 0.2) is 0 Å². The number of fused-ring (bicyclic) bond motifs is 1. The highest BCUT2D eigenvalue weighted by atomic mass is 16.2. The minimum atomic E-state index is 0.231. The Bertz CT molecular complexity index is 501. The molecule has 2 heterocycles. The van der Waals surface area contributed by atoms with E-state index in [9.17, 15) is 0 Å². The molecule has 2 aromatic heterocycles. The average molecular weight is 232 g/mol. The van der Waals surface area contributed by atoms with E-state index in [0.29, 0.717) is 0 Å². The van der Waals surface area contributed by atoms with Gasteiger partial charge in [-0.15, -0.1) is 0 Å². The number of nitrogens with one attached hydrogen (secondary N) is 1. The molecule has 17 heavy (non-hydrogen) atoms. The zero-order chi connectivity index (χ0) is 12.1. The number of aryl methyl sites for hydroxylation is 1. The molecule has 2 aromatic rings. The van der Waals surface area contributed by atoms with Gasteiger partial charge in [0.05, 0.1) is 11.7 Å². The Kier molecular flexibility index (Phi) is 3.82. The number of rotatable bonds is 5. The van der Waals surface area contributed by atoms with Crippen molar-refractivity contribution in [3.8, 4) is 0 Å². The van der Waals surface area contributed by atoms with Crippen LogP contribution in [0.3, 0.4) is 0 Å². The number of pyridine rings is 1. The van der Waals surface area contributed by atoms with Gasteiger partial charge in [-0.1, -0.05) is 0 Å². The minimum absolute atomic E-state index is 0.231. The van der Waals surface area contributed by atoms with Crippen LogP contribution in [-0.2, 0) is 0 Å². The molecule has 0 saturated carbocycles. The highest BCUT2D eigenvalue weighted by molar-refractivity contribution is 5.88. The predicted molar refractivity (Wildman–Crippen MR) is 66.9 cm³/mol. The van der Waals surface area contributed by atoms with Crippen molar-refractivity contribution in [1.29, 1.82) is 0 Å². The molecule has 2 N–H and O–H groups in total. The summed E-state index contributed by atoms with van der Waals surface area (Å²) in [7, 11) is 0. The highest BCUT2D eigenvalue weighted by Crippen LogP contribution is 2.18. The molecule has 0 bridgehead atoms. The number of unbranched alkanes of at least 4 members (excludes halogenated alkanes) is 1. The Hall–Kier alpha value is -1.75. The van der Waals surface area contributed by atoms with E-state index >= 15 is 0 Å². The number of aliphatic hydroxyl groups excluding tert-OH is 1. The van der Waals surface area contributed by atoms with Crippen LogP contribution < -0.4 is 5.32 Å². The fraction of sp³-hybridized carbons (Fsp3) is 0.417. The Morgan fingerprint density at radius 3 is 3.00 bits per heavy atom. The molecule has 2 rings (SSSR count). The van der Waals surface area contributed by atoms with E-state index in [1.54, 1.807) is 12.4 Å². The fourth-order valence-electron chi connectivity index (χ4n) is 1.68. The normalized spacial score (nSPS) is 10.7. The lowest BCUT2D eigenvalue weighted by molar-refractivity contribution is 0.286. The molecular weight excluding hydrogens is 216 g/mol. The molecule has 0 aromatic carbocycles. The van der Waals surface area contributed by atoms with Crippen molar-refractivity contribution in [2.75, 3.05) is 18.5 Å². The van der Waals surface area contributed by atoms with Gasteiger partial charge in [0.25, 0.3) is 0 Å². The standard InChI is InChI=1S/C12H16N4O/c1-9-15-11-8-13-6-4-10(11)12(16-9)14-5-2-3-7-17/h4,6,8,17H,2-3,5,7H2,1H3,(H,14,15,16). The average Bonchev–Trinajstić information content (AvgIpc) is 2.34. The maximum atomic E-state index is 8.72. The molecule has 0 aliphatic carbocycles. The summed E-state index contributed by atoms with van der Waals surface area (Å²) in [5, 5.41) is 13.0. The number of nitrogens with zero attached hydrogens (tertiary/aromatic N) is 3. The summed E-state index contributed by atoms with van der Waals surface area (Å²) in [6.45, 7) is 2.90. The molecule has 90 valence electrons. The first kappa shape index (κ1) is 11.7. The zero-order valence-electron chi connectivity index (χ0n) is 9.85. The lowest BCUT2D eigenvalue weighted by Crippen LogP contribution is -2.06. The second-order valence-corrected chi connectivity index (χ2v) is 3.87. The summed E-state index contributed by atoms with van der Waals surface area (Å²) in [6, 6.07) is 1.91. The summed E-state index contributed by atoms with van der Waals surface area (Å²) in [5.41, 5.74) is 0.852. The van der Waals surface area contributed by atoms with Gasteiger partial charge in [0.2, 0.25) is 0 Å². The third-order valence-electron chi connectivity index (χ3n) is 2.49. The molecule has 0 unspecified atom stereocenters. The molecule has 0 spiro atoms. The van der Waals surface area contributed by atoms with E-state index in [-0.39, 0.29) is 6.61 Å². The molecule has 0 amide bonds. The molecule has 0 radical (unpaired) electrons. The number of aliphatic hydroxyl groups is 1. The Morgan fingerprint density at radius 2 is 2.18 bits per heavy atom. The molecule has 5 heteroatoms. The van der Waals surface area contributed by atoms with Gasteiger partial charge < -0.3 is 10.4 Å². The lowest BCUT2D eigenvalue weighted by atomic mass is 10.2. The van der Waals surface area contributed by atoms with Crippen LogP contribution in [0.4, 0.5) is 5.82 Å². The summed E-state index contributed by atoms with van der Waals surface area (Å²) in [5.74, 6) is 1.57. The third-order valence-corrected chi connectivity index (χ3v) is 2.49. The lowest BCUT2D eigenvalue weighted by Gasteiger charge is -2.08. The Labute approximate surface area is 99.9 Å². The van der Waals surface area contributed by atoms with Gasteiger partial charge in [-0.05, 0) is 25.8 Å². The van der Waals surface area contributed by atoms with Crippen molar-refractivity contribution in [3.05, 3.63) is 24.3 Å². The van der Waals surface area contributed by atoms with Gasteiger partial charge in [-0.25, -0.2) is 9.97 Å². The number of aromatic nitrogens is 3. The molecular formula is C12H16N4O. The van der Waals surface area contributed by atoms with E-state index in [4.69, 9.17) is 5.11 Å². The van der Waals surface area contributed by atoms with Crippen molar-refractivity contribution in [2.24, 2.45) is 0 Å². The zero-order valence-corrected chi connectivity index (χ0v) is 9.85. The van der Waals surface area contributed by atoms with Crippen LogP contribution in [-0.4, -0.2) is 33.2 Å². The molecule has 0 atom stereocenters. The quantitative estimate of drug-likeness (QED) is 0.765. The van der Waals surface area contributed by atoms with E-state index in [2.05, 4.69) is 20.3 Å². The Balaban J connectivity index is 2.20. The maximum absolute atomic E-state index is 8.72. The monoisotopic (exact) mass is 232 g/mol. The SMILES string of the molecule is Cc1nc(NCCCCO)c2ccncc2n1. The van der Waals surface area contributed by atoms with Gasteiger partial charge in [-0.2, -0.15) is 0 Å². The van der Waals surface area contributed by atoms with E-state index in [1.165, 1.54) is 0 Å². The van der Waals surface area contributed by atoms with Crippen LogP contribution in [0.2, 0.25) is 0 Å². The van der Waals surface area contributed by atoms with Crippen LogP contribution in [0, 0.1) is 6.92 Å². The number of anilines is 1. The van der Waals surface area contributed by atoms with Crippen LogP contribution in [0.5, 0.6) is 0 Å². The smallest absolute Gasteiger partial charge is 0.137 e. The Morgan fingerprint density at radius 1 is 1.29 bits per heavy atom. The van der Waals surface area contributed by atoms with E-state index in [0.717, 1.165) is 41.9 Å². The summed E-state index contributed by atoms with van der Waals surface area (Å²) in [4.78, 5) is 12.8. The van der Waals surface area contributed by atoms with Crippen molar-refractivity contribution in [2.45, 2.75) is 19.8 Å². The van der Waals surface area contributed by atoms with Crippen LogP contribution in [0.15, 0.2) is 18.5 Å². The van der Waals surface area contributed by atoms with Gasteiger partial charge >= 0.3 is 0 Å². The predicted octanol–water partition coefficient (Wildman–Crippen LogP) is 1.52. The van der Waals surface area contributed by atoms with Crippen LogP contribution in [0.1, 0.15) is 18.7 Å². The highest BCUT2D eigenvalue weighted by Gasteiger charge is 2.04. The minimum Gasteiger partial charge on any atom is -0.396 e. The maximum Gasteiger partial charge on any atom is 0.137 e. The number of hydrogen-bond donors (Lipinski definition) is 2. The fourth-order valence-corrected chi connectivity index (χ4v) is 1.68. The molecule has 0 aliphatic heterocycles. The first-order valence-corrected chi connectivity index (χ1v) is 5.74. The summed E-state index contributed by atoms with van der Waals surface area (Å²) in [6.07, 6.45) is 5.20. The van der Waals surface area contributed by atoms with Crippen LogP contribution in [0.25, 0.3) is 10.9 Å². The largest absolute Gasteiger partial charge is 0.396 e. The summed E-state index contributed by atoms with van der Waals surface area (Å²) < 4.78 is 0. The molecule has 0 fully saturated rings. The summed E-state index contributed by atoms with van der Waals surface area (Å²) >= 11 is 0. The first-order chi connectivity index (χ1) is 8.31.